The molecule has 1 aliphatic rings. The van der Waals surface area contributed by atoms with Gasteiger partial charge in [0.1, 0.15) is 18.0 Å². The van der Waals surface area contributed by atoms with Crippen molar-refractivity contribution in [2.24, 2.45) is 5.92 Å². The van der Waals surface area contributed by atoms with Crippen LogP contribution < -0.4 is 0 Å². The molecule has 29 heavy (non-hydrogen) atoms. The van der Waals surface area contributed by atoms with Gasteiger partial charge in [-0.1, -0.05) is 48.5 Å². The molecule has 2 aromatic carbocycles. The molecule has 0 radical (unpaired) electrons. The number of hydrogen-bond donors (Lipinski definition) is 0. The van der Waals surface area contributed by atoms with Gasteiger partial charge in [0, 0.05) is 19.5 Å². The zero-order chi connectivity index (χ0) is 20.1. The number of carbonyl (C=O) groups is 1. The van der Waals surface area contributed by atoms with E-state index in [0.717, 1.165) is 38.2 Å². The van der Waals surface area contributed by atoms with E-state index in [9.17, 15) is 9.18 Å². The van der Waals surface area contributed by atoms with Crippen molar-refractivity contribution in [2.45, 2.75) is 32.2 Å². The van der Waals surface area contributed by atoms with Crippen LogP contribution in [0.1, 0.15) is 29.8 Å². The summed E-state index contributed by atoms with van der Waals surface area (Å²) in [6.45, 7) is 2.16. The maximum absolute atomic E-state index is 13.9. The van der Waals surface area contributed by atoms with Crippen LogP contribution in [0.15, 0.2) is 60.9 Å². The molecule has 5 nitrogen and oxygen atoms in total. The van der Waals surface area contributed by atoms with Crippen molar-refractivity contribution >= 4 is 5.91 Å². The third kappa shape index (κ3) is 4.88. The molecule has 6 heteroatoms. The highest BCUT2D eigenvalue weighted by molar-refractivity contribution is 5.78. The number of benzene rings is 2. The Labute approximate surface area is 170 Å². The predicted molar refractivity (Wildman–Crippen MR) is 109 cm³/mol. The second-order valence-electron chi connectivity index (χ2n) is 7.68. The van der Waals surface area contributed by atoms with Crippen molar-refractivity contribution in [3.8, 4) is 0 Å². The lowest BCUT2D eigenvalue weighted by Crippen LogP contribution is -2.41. The van der Waals surface area contributed by atoms with E-state index in [4.69, 9.17) is 0 Å². The summed E-state index contributed by atoms with van der Waals surface area (Å²) in [5, 5.41) is 8.41. The number of rotatable bonds is 6. The summed E-state index contributed by atoms with van der Waals surface area (Å²) in [6, 6.07) is 16.7. The van der Waals surface area contributed by atoms with E-state index in [0.29, 0.717) is 18.0 Å². The molecule has 0 N–H and O–H groups in total. The fourth-order valence-electron chi connectivity index (χ4n) is 3.98. The number of amides is 1. The van der Waals surface area contributed by atoms with Gasteiger partial charge in [-0.05, 0) is 36.0 Å². The van der Waals surface area contributed by atoms with Gasteiger partial charge >= 0.3 is 0 Å². The SMILES string of the molecule is O=C(Cc1ccccc1F)N1CCCC(Cc2nncn2Cc2ccccc2)C1. The standard InChI is InChI=1S/C23H25FN4O/c24-21-11-5-4-10-20(21)14-23(29)27-12-6-9-19(16-27)13-22-26-25-17-28(22)15-18-7-2-1-3-8-18/h1-5,7-8,10-11,17,19H,6,9,12-16H2. The largest absolute Gasteiger partial charge is 0.342 e. The summed E-state index contributed by atoms with van der Waals surface area (Å²) in [5.74, 6) is 0.961. The second kappa shape index (κ2) is 8.99. The minimum atomic E-state index is -0.316. The molecule has 1 atom stereocenters. The quantitative estimate of drug-likeness (QED) is 0.645. The Bertz CT molecular complexity index is 956. The minimum absolute atomic E-state index is 0.00875. The van der Waals surface area contributed by atoms with Crippen molar-refractivity contribution in [3.05, 3.63) is 83.7 Å². The maximum Gasteiger partial charge on any atom is 0.227 e. The fraction of sp³-hybridized carbons (Fsp3) is 0.348. The van der Waals surface area contributed by atoms with Crippen molar-refractivity contribution in [1.29, 1.82) is 0 Å². The summed E-state index contributed by atoms with van der Waals surface area (Å²) >= 11 is 0. The van der Waals surface area contributed by atoms with Gasteiger partial charge in [0.2, 0.25) is 5.91 Å². The van der Waals surface area contributed by atoms with Crippen LogP contribution in [0.4, 0.5) is 4.39 Å². The van der Waals surface area contributed by atoms with E-state index in [1.54, 1.807) is 24.5 Å². The van der Waals surface area contributed by atoms with Crippen LogP contribution in [0.2, 0.25) is 0 Å². The number of halogens is 1. The summed E-state index contributed by atoms with van der Waals surface area (Å²) in [6.07, 6.45) is 4.69. The van der Waals surface area contributed by atoms with Gasteiger partial charge in [-0.3, -0.25) is 4.79 Å². The van der Waals surface area contributed by atoms with Crippen LogP contribution in [0, 0.1) is 11.7 Å². The molecule has 0 bridgehead atoms. The number of nitrogens with zero attached hydrogens (tertiary/aromatic N) is 4. The van der Waals surface area contributed by atoms with Gasteiger partial charge < -0.3 is 9.47 Å². The molecule has 1 fully saturated rings. The lowest BCUT2D eigenvalue weighted by Gasteiger charge is -2.32. The average molecular weight is 392 g/mol. The molecule has 0 spiro atoms. The molecule has 4 rings (SSSR count). The fourth-order valence-corrected chi connectivity index (χ4v) is 3.98. The molecule has 0 saturated carbocycles. The molecule has 1 aliphatic heterocycles. The van der Waals surface area contributed by atoms with Crippen LogP contribution in [0.5, 0.6) is 0 Å². The molecular formula is C23H25FN4O. The first-order valence-electron chi connectivity index (χ1n) is 10.1. The van der Waals surface area contributed by atoms with Crippen molar-refractivity contribution in [1.82, 2.24) is 19.7 Å². The number of likely N-dealkylation sites (tertiary alicyclic amines) is 1. The zero-order valence-electron chi connectivity index (χ0n) is 16.4. The molecule has 1 saturated heterocycles. The molecule has 1 amide bonds. The Hall–Kier alpha value is -3.02. The highest BCUT2D eigenvalue weighted by Crippen LogP contribution is 2.21. The van der Waals surface area contributed by atoms with E-state index >= 15 is 0 Å². The summed E-state index contributed by atoms with van der Waals surface area (Å²) < 4.78 is 16.0. The van der Waals surface area contributed by atoms with Crippen LogP contribution in [-0.2, 0) is 24.2 Å². The summed E-state index contributed by atoms with van der Waals surface area (Å²) in [4.78, 5) is 14.6. The first-order valence-corrected chi connectivity index (χ1v) is 10.1. The van der Waals surface area contributed by atoms with Crippen molar-refractivity contribution < 1.29 is 9.18 Å². The van der Waals surface area contributed by atoms with E-state index in [2.05, 4.69) is 26.9 Å². The van der Waals surface area contributed by atoms with E-state index in [-0.39, 0.29) is 18.1 Å². The number of carbonyl (C=O) groups excluding carboxylic acids is 1. The molecule has 3 aromatic rings. The zero-order valence-corrected chi connectivity index (χ0v) is 16.4. The Morgan fingerprint density at radius 2 is 1.90 bits per heavy atom. The third-order valence-electron chi connectivity index (χ3n) is 5.53. The Kier molecular flexibility index (Phi) is 5.98. The molecule has 1 aromatic heterocycles. The second-order valence-corrected chi connectivity index (χ2v) is 7.68. The van der Waals surface area contributed by atoms with Crippen LogP contribution in [0.3, 0.4) is 0 Å². The van der Waals surface area contributed by atoms with E-state index < -0.39 is 0 Å². The first-order chi connectivity index (χ1) is 14.2. The van der Waals surface area contributed by atoms with Gasteiger partial charge in [0.25, 0.3) is 0 Å². The third-order valence-corrected chi connectivity index (χ3v) is 5.53. The van der Waals surface area contributed by atoms with E-state index in [1.807, 2.05) is 23.1 Å². The molecule has 2 heterocycles. The molecule has 0 aliphatic carbocycles. The monoisotopic (exact) mass is 392 g/mol. The molecular weight excluding hydrogens is 367 g/mol. The smallest absolute Gasteiger partial charge is 0.227 e. The minimum Gasteiger partial charge on any atom is -0.342 e. The van der Waals surface area contributed by atoms with E-state index in [1.165, 1.54) is 11.6 Å². The predicted octanol–water partition coefficient (Wildman–Crippen LogP) is 3.49. The van der Waals surface area contributed by atoms with Crippen LogP contribution >= 0.6 is 0 Å². The number of hydrogen-bond acceptors (Lipinski definition) is 3. The Morgan fingerprint density at radius 3 is 2.72 bits per heavy atom. The highest BCUT2D eigenvalue weighted by atomic mass is 19.1. The Balaban J connectivity index is 1.38. The van der Waals surface area contributed by atoms with Crippen LogP contribution in [0.25, 0.3) is 0 Å². The first kappa shape index (κ1) is 19.3. The number of piperidine rings is 1. The normalized spacial score (nSPS) is 16.7. The van der Waals surface area contributed by atoms with Gasteiger partial charge in [0.15, 0.2) is 0 Å². The highest BCUT2D eigenvalue weighted by Gasteiger charge is 2.25. The lowest BCUT2D eigenvalue weighted by molar-refractivity contribution is -0.132. The lowest BCUT2D eigenvalue weighted by atomic mass is 9.94. The molecule has 1 unspecified atom stereocenters. The molecule has 150 valence electrons. The number of aromatic nitrogens is 3. The van der Waals surface area contributed by atoms with Gasteiger partial charge in [-0.15, -0.1) is 10.2 Å². The van der Waals surface area contributed by atoms with Crippen LogP contribution in [-0.4, -0.2) is 38.7 Å². The maximum atomic E-state index is 13.9. The average Bonchev–Trinajstić information content (AvgIpc) is 3.17. The Morgan fingerprint density at radius 1 is 1.10 bits per heavy atom. The van der Waals surface area contributed by atoms with Crippen molar-refractivity contribution in [2.75, 3.05) is 13.1 Å². The van der Waals surface area contributed by atoms with Gasteiger partial charge in [-0.25, -0.2) is 4.39 Å². The van der Waals surface area contributed by atoms with Gasteiger partial charge in [0.05, 0.1) is 13.0 Å². The topological polar surface area (TPSA) is 51.0 Å². The van der Waals surface area contributed by atoms with Gasteiger partial charge in [-0.2, -0.15) is 0 Å². The summed E-state index contributed by atoms with van der Waals surface area (Å²) in [7, 11) is 0. The van der Waals surface area contributed by atoms with Crippen molar-refractivity contribution in [3.63, 3.8) is 0 Å². The summed E-state index contributed by atoms with van der Waals surface area (Å²) in [5.41, 5.74) is 1.67.